The summed E-state index contributed by atoms with van der Waals surface area (Å²) in [5, 5.41) is 13.6. The quantitative estimate of drug-likeness (QED) is 0.890. The molecule has 1 atom stereocenters. The number of amides is 1. The van der Waals surface area contributed by atoms with Crippen LogP contribution in [0, 0.1) is 0 Å². The Kier molecular flexibility index (Phi) is 4.21. The van der Waals surface area contributed by atoms with Crippen LogP contribution in [0.4, 0.5) is 0 Å². The van der Waals surface area contributed by atoms with Gasteiger partial charge in [0, 0.05) is 36.5 Å². The summed E-state index contributed by atoms with van der Waals surface area (Å²) in [6, 6.07) is 9.87. The van der Waals surface area contributed by atoms with E-state index in [1.807, 2.05) is 49.3 Å². The van der Waals surface area contributed by atoms with Crippen LogP contribution in [0.25, 0.3) is 0 Å². The van der Waals surface area contributed by atoms with Gasteiger partial charge in [-0.25, -0.2) is 0 Å². The van der Waals surface area contributed by atoms with Crippen LogP contribution in [-0.2, 0) is 11.2 Å². The Labute approximate surface area is 136 Å². The largest absolute Gasteiger partial charge is 0.508 e. The highest BCUT2D eigenvalue weighted by atomic mass is 16.3. The Balaban J connectivity index is 1.80. The number of carbonyl (C=O) groups excluding carboxylic acids is 1. The zero-order valence-electron chi connectivity index (χ0n) is 13.4. The highest BCUT2D eigenvalue weighted by Gasteiger charge is 2.34. The van der Waals surface area contributed by atoms with Crippen molar-refractivity contribution in [1.29, 1.82) is 0 Å². The normalized spacial score (nSPS) is 20.5. The van der Waals surface area contributed by atoms with Crippen LogP contribution < -0.4 is 5.32 Å². The molecule has 1 unspecified atom stereocenters. The van der Waals surface area contributed by atoms with Gasteiger partial charge in [-0.3, -0.25) is 9.69 Å². The third kappa shape index (κ3) is 3.14. The minimum absolute atomic E-state index is 0.0793. The van der Waals surface area contributed by atoms with Crippen molar-refractivity contribution >= 4 is 5.91 Å². The first kappa shape index (κ1) is 15.4. The van der Waals surface area contributed by atoms with E-state index in [4.69, 9.17) is 0 Å². The molecule has 0 bridgehead atoms. The summed E-state index contributed by atoms with van der Waals surface area (Å²) in [5.74, 6) is 0.119. The summed E-state index contributed by atoms with van der Waals surface area (Å²) in [4.78, 5) is 16.2. The molecule has 0 radical (unpaired) electrons. The molecule has 1 amide bonds. The second kappa shape index (κ2) is 6.30. The SMILES string of the molecule is CN(C)CC1=C(O)C2NC=C(Cc3ccccc3)C(=O)N2C=C1. The molecule has 2 aliphatic rings. The van der Waals surface area contributed by atoms with Gasteiger partial charge < -0.3 is 15.3 Å². The van der Waals surface area contributed by atoms with Gasteiger partial charge in [-0.15, -0.1) is 0 Å². The molecule has 0 spiro atoms. The van der Waals surface area contributed by atoms with E-state index in [9.17, 15) is 9.90 Å². The topological polar surface area (TPSA) is 55.8 Å². The van der Waals surface area contributed by atoms with Gasteiger partial charge in [0.05, 0.1) is 0 Å². The zero-order valence-corrected chi connectivity index (χ0v) is 13.4. The Morgan fingerprint density at radius 2 is 2.00 bits per heavy atom. The highest BCUT2D eigenvalue weighted by molar-refractivity contribution is 5.96. The molecule has 1 aromatic carbocycles. The van der Waals surface area contributed by atoms with Gasteiger partial charge in [-0.2, -0.15) is 0 Å². The molecule has 120 valence electrons. The molecule has 5 heteroatoms. The predicted octanol–water partition coefficient (Wildman–Crippen LogP) is 1.77. The molecular formula is C18H21N3O2. The van der Waals surface area contributed by atoms with Crippen LogP contribution >= 0.6 is 0 Å². The summed E-state index contributed by atoms with van der Waals surface area (Å²) in [6.45, 7) is 0.628. The number of hydrogen-bond donors (Lipinski definition) is 2. The van der Waals surface area contributed by atoms with E-state index < -0.39 is 6.17 Å². The van der Waals surface area contributed by atoms with E-state index in [-0.39, 0.29) is 11.7 Å². The van der Waals surface area contributed by atoms with E-state index in [1.54, 1.807) is 23.4 Å². The van der Waals surface area contributed by atoms with Gasteiger partial charge in [0.1, 0.15) is 5.76 Å². The zero-order chi connectivity index (χ0) is 16.4. The minimum atomic E-state index is -0.512. The average molecular weight is 311 g/mol. The molecule has 2 N–H and O–H groups in total. The van der Waals surface area contributed by atoms with E-state index in [0.717, 1.165) is 11.1 Å². The number of fused-ring (bicyclic) bond motifs is 1. The van der Waals surface area contributed by atoms with Gasteiger partial charge in [0.25, 0.3) is 5.91 Å². The number of carbonyl (C=O) groups is 1. The fourth-order valence-corrected chi connectivity index (χ4v) is 2.82. The maximum absolute atomic E-state index is 12.7. The first-order valence-electron chi connectivity index (χ1n) is 7.63. The molecule has 0 saturated carbocycles. The number of aliphatic hydroxyl groups is 1. The number of nitrogens with one attached hydrogen (secondary N) is 1. The number of benzene rings is 1. The van der Waals surface area contributed by atoms with Gasteiger partial charge in [0.15, 0.2) is 6.17 Å². The van der Waals surface area contributed by atoms with Crippen LogP contribution in [0.15, 0.2) is 65.7 Å². The number of nitrogens with zero attached hydrogens (tertiary/aromatic N) is 2. The van der Waals surface area contributed by atoms with Gasteiger partial charge in [-0.05, 0) is 25.7 Å². The average Bonchev–Trinajstić information content (AvgIpc) is 2.53. The second-order valence-electron chi connectivity index (χ2n) is 6.08. The lowest BCUT2D eigenvalue weighted by atomic mass is 10.0. The van der Waals surface area contributed by atoms with E-state index in [0.29, 0.717) is 18.5 Å². The number of rotatable bonds is 4. The molecule has 0 fully saturated rings. The first-order valence-corrected chi connectivity index (χ1v) is 7.63. The highest BCUT2D eigenvalue weighted by Crippen LogP contribution is 2.25. The number of hydrogen-bond acceptors (Lipinski definition) is 4. The van der Waals surface area contributed by atoms with Crippen LogP contribution in [0.2, 0.25) is 0 Å². The Morgan fingerprint density at radius 3 is 2.70 bits per heavy atom. The van der Waals surface area contributed by atoms with Crippen LogP contribution in [0.1, 0.15) is 5.56 Å². The molecule has 0 saturated heterocycles. The molecule has 5 nitrogen and oxygen atoms in total. The Bertz CT molecular complexity index is 689. The Morgan fingerprint density at radius 1 is 1.26 bits per heavy atom. The third-order valence-corrected chi connectivity index (χ3v) is 3.95. The molecule has 3 rings (SSSR count). The van der Waals surface area contributed by atoms with Crippen molar-refractivity contribution < 1.29 is 9.90 Å². The predicted molar refractivity (Wildman–Crippen MR) is 89.3 cm³/mol. The molecule has 0 aliphatic carbocycles. The van der Waals surface area contributed by atoms with Gasteiger partial charge in [0.2, 0.25) is 0 Å². The molecule has 23 heavy (non-hydrogen) atoms. The molecular weight excluding hydrogens is 290 g/mol. The smallest absolute Gasteiger partial charge is 0.257 e. The summed E-state index contributed by atoms with van der Waals surface area (Å²) < 4.78 is 0. The maximum Gasteiger partial charge on any atom is 0.257 e. The molecule has 0 aromatic heterocycles. The van der Waals surface area contributed by atoms with Crippen molar-refractivity contribution in [2.75, 3.05) is 20.6 Å². The van der Waals surface area contributed by atoms with Crippen molar-refractivity contribution in [2.24, 2.45) is 0 Å². The van der Waals surface area contributed by atoms with Gasteiger partial charge >= 0.3 is 0 Å². The standard InChI is InChI=1S/C18H21N3O2/c1-20(2)12-14-8-9-21-17(16(14)22)19-11-15(18(21)23)10-13-6-4-3-5-7-13/h3-9,11,17,19,22H,10,12H2,1-2H3. The Hall–Kier alpha value is -2.53. The van der Waals surface area contributed by atoms with Crippen molar-refractivity contribution in [2.45, 2.75) is 12.6 Å². The first-order chi connectivity index (χ1) is 11.1. The van der Waals surface area contributed by atoms with E-state index in [1.165, 1.54) is 0 Å². The summed E-state index contributed by atoms with van der Waals surface area (Å²) in [7, 11) is 3.88. The van der Waals surface area contributed by atoms with Crippen molar-refractivity contribution in [1.82, 2.24) is 15.1 Å². The van der Waals surface area contributed by atoms with Crippen molar-refractivity contribution in [3.8, 4) is 0 Å². The van der Waals surface area contributed by atoms with Crippen LogP contribution in [0.3, 0.4) is 0 Å². The maximum atomic E-state index is 12.7. The van der Waals surface area contributed by atoms with Gasteiger partial charge in [-0.1, -0.05) is 30.3 Å². The summed E-state index contributed by atoms with van der Waals surface area (Å²) >= 11 is 0. The van der Waals surface area contributed by atoms with Crippen LogP contribution in [0.5, 0.6) is 0 Å². The lowest BCUT2D eigenvalue weighted by Gasteiger charge is -2.36. The minimum Gasteiger partial charge on any atom is -0.508 e. The van der Waals surface area contributed by atoms with Crippen molar-refractivity contribution in [3.63, 3.8) is 0 Å². The fourth-order valence-electron chi connectivity index (χ4n) is 2.82. The van der Waals surface area contributed by atoms with Crippen molar-refractivity contribution in [3.05, 3.63) is 71.3 Å². The lowest BCUT2D eigenvalue weighted by Crippen LogP contribution is -2.51. The summed E-state index contributed by atoms with van der Waals surface area (Å²) in [5.41, 5.74) is 2.58. The van der Waals surface area contributed by atoms with E-state index in [2.05, 4.69) is 5.32 Å². The number of aliphatic hydroxyl groups excluding tert-OH is 1. The number of likely N-dealkylation sites (N-methyl/N-ethyl adjacent to an activating group) is 1. The van der Waals surface area contributed by atoms with Crippen LogP contribution in [-0.4, -0.2) is 47.6 Å². The lowest BCUT2D eigenvalue weighted by molar-refractivity contribution is -0.127. The summed E-state index contributed by atoms with van der Waals surface area (Å²) in [6.07, 6.45) is 5.33. The van der Waals surface area contributed by atoms with E-state index >= 15 is 0 Å². The second-order valence-corrected chi connectivity index (χ2v) is 6.08. The third-order valence-electron chi connectivity index (χ3n) is 3.95. The molecule has 2 aliphatic heterocycles. The monoisotopic (exact) mass is 311 g/mol. The molecule has 1 aromatic rings. The fraction of sp³-hybridized carbons (Fsp3) is 0.278. The molecule has 2 heterocycles.